The van der Waals surface area contributed by atoms with E-state index in [1.54, 1.807) is 25.1 Å². The Labute approximate surface area is 174 Å². The lowest BCUT2D eigenvalue weighted by molar-refractivity contribution is 0.0600. The predicted molar refractivity (Wildman–Crippen MR) is 116 cm³/mol. The van der Waals surface area contributed by atoms with Crippen LogP contribution in [0.3, 0.4) is 0 Å². The van der Waals surface area contributed by atoms with Crippen molar-refractivity contribution in [2.24, 2.45) is 4.99 Å². The number of aliphatic imine (C=N–C) groups is 1. The number of esters is 1. The lowest BCUT2D eigenvalue weighted by Gasteiger charge is -2.24. The standard InChI is InChI=1S/C20H24N6O4/c1-4-30-20(28)25-16-9-15(21)17-18(24-16)22-10-13(23-17)11-26(2)14-7-5-12(6-8-14)19(27)29-3/h5-9H,4,10-11H2,1-3H3,(H4,21,22,24,25,28). The van der Waals surface area contributed by atoms with Crippen molar-refractivity contribution in [2.75, 3.05) is 55.1 Å². The number of amides is 1. The maximum absolute atomic E-state index is 11.6. The smallest absolute Gasteiger partial charge is 0.412 e. The summed E-state index contributed by atoms with van der Waals surface area (Å²) in [5, 5.41) is 5.72. The third kappa shape index (κ3) is 4.77. The first-order valence-electron chi connectivity index (χ1n) is 9.35. The van der Waals surface area contributed by atoms with E-state index in [0.717, 1.165) is 11.4 Å². The maximum atomic E-state index is 11.6. The first-order chi connectivity index (χ1) is 14.4. The van der Waals surface area contributed by atoms with Gasteiger partial charge in [-0.3, -0.25) is 5.32 Å². The van der Waals surface area contributed by atoms with E-state index in [-0.39, 0.29) is 12.6 Å². The number of carbonyl (C=O) groups excluding carboxylic acids is 2. The number of nitrogens with zero attached hydrogens (tertiary/aromatic N) is 3. The second-order valence-corrected chi connectivity index (χ2v) is 6.57. The van der Waals surface area contributed by atoms with E-state index in [2.05, 4.69) is 20.6 Å². The highest BCUT2D eigenvalue weighted by Crippen LogP contribution is 2.34. The van der Waals surface area contributed by atoms with Crippen LogP contribution in [0.4, 0.5) is 33.5 Å². The molecule has 10 nitrogen and oxygen atoms in total. The van der Waals surface area contributed by atoms with Crippen molar-refractivity contribution < 1.29 is 19.1 Å². The van der Waals surface area contributed by atoms with Gasteiger partial charge >= 0.3 is 12.1 Å². The number of nitrogen functional groups attached to an aromatic ring is 1. The summed E-state index contributed by atoms with van der Waals surface area (Å²) in [5.41, 5.74) is 9.32. The van der Waals surface area contributed by atoms with Gasteiger partial charge in [0.1, 0.15) is 11.5 Å². The fourth-order valence-electron chi connectivity index (χ4n) is 2.94. The van der Waals surface area contributed by atoms with Crippen LogP contribution >= 0.6 is 0 Å². The molecule has 0 bridgehead atoms. The number of pyridine rings is 1. The molecule has 1 aliphatic heterocycles. The second-order valence-electron chi connectivity index (χ2n) is 6.57. The number of hydrogen-bond donors (Lipinski definition) is 3. The van der Waals surface area contributed by atoms with E-state index in [4.69, 9.17) is 15.2 Å². The molecule has 1 amide bonds. The number of fused-ring (bicyclic) bond motifs is 1. The number of nitrogens with two attached hydrogens (primary N) is 1. The zero-order valence-electron chi connectivity index (χ0n) is 17.1. The minimum absolute atomic E-state index is 0.261. The van der Waals surface area contributed by atoms with Crippen LogP contribution in [-0.2, 0) is 9.47 Å². The quantitative estimate of drug-likeness (QED) is 0.617. The summed E-state index contributed by atoms with van der Waals surface area (Å²) in [6, 6.07) is 8.67. The highest BCUT2D eigenvalue weighted by molar-refractivity contribution is 6.00. The molecule has 158 valence electrons. The largest absolute Gasteiger partial charge is 0.465 e. The summed E-state index contributed by atoms with van der Waals surface area (Å²) >= 11 is 0. The molecule has 2 aromatic rings. The molecule has 30 heavy (non-hydrogen) atoms. The van der Waals surface area contributed by atoms with E-state index >= 15 is 0 Å². The highest BCUT2D eigenvalue weighted by atomic mass is 16.5. The first-order valence-corrected chi connectivity index (χ1v) is 9.35. The number of hydrogen-bond acceptors (Lipinski definition) is 9. The average Bonchev–Trinajstić information content (AvgIpc) is 2.74. The average molecular weight is 412 g/mol. The lowest BCUT2D eigenvalue weighted by Crippen LogP contribution is -2.31. The molecule has 1 aromatic heterocycles. The van der Waals surface area contributed by atoms with Gasteiger partial charge in [-0.25, -0.2) is 19.6 Å². The monoisotopic (exact) mass is 412 g/mol. The van der Waals surface area contributed by atoms with Gasteiger partial charge in [-0.05, 0) is 31.2 Å². The molecule has 0 aliphatic carbocycles. The summed E-state index contributed by atoms with van der Waals surface area (Å²) in [6.45, 7) is 3.01. The van der Waals surface area contributed by atoms with Crippen LogP contribution in [0.15, 0.2) is 35.3 Å². The maximum Gasteiger partial charge on any atom is 0.412 e. The number of benzene rings is 1. The van der Waals surface area contributed by atoms with Crippen LogP contribution in [0, 0.1) is 0 Å². The molecule has 0 unspecified atom stereocenters. The molecule has 3 rings (SSSR count). The van der Waals surface area contributed by atoms with Crippen molar-refractivity contribution in [2.45, 2.75) is 6.92 Å². The molecular weight excluding hydrogens is 388 g/mol. The van der Waals surface area contributed by atoms with Crippen LogP contribution in [0.1, 0.15) is 17.3 Å². The van der Waals surface area contributed by atoms with E-state index in [9.17, 15) is 9.59 Å². The van der Waals surface area contributed by atoms with Crippen molar-refractivity contribution in [3.8, 4) is 0 Å². The molecule has 10 heteroatoms. The first kappa shape index (κ1) is 20.9. The topological polar surface area (TPSA) is 131 Å². The number of ether oxygens (including phenoxy) is 2. The van der Waals surface area contributed by atoms with E-state index in [0.29, 0.717) is 41.7 Å². The molecular formula is C20H24N6O4. The van der Waals surface area contributed by atoms with Gasteiger partial charge in [0, 0.05) is 18.8 Å². The highest BCUT2D eigenvalue weighted by Gasteiger charge is 2.19. The number of anilines is 4. The van der Waals surface area contributed by atoms with E-state index in [1.807, 2.05) is 24.1 Å². The number of carbonyl (C=O) groups is 2. The Kier molecular flexibility index (Phi) is 6.35. The van der Waals surface area contributed by atoms with Gasteiger partial charge in [0.05, 0.1) is 43.8 Å². The van der Waals surface area contributed by atoms with Gasteiger partial charge in [0.15, 0.2) is 5.82 Å². The molecule has 0 saturated carbocycles. The molecule has 1 aromatic carbocycles. The Morgan fingerprint density at radius 1 is 1.30 bits per heavy atom. The summed E-state index contributed by atoms with van der Waals surface area (Å²) in [5.74, 6) is 0.413. The van der Waals surface area contributed by atoms with Crippen LogP contribution < -0.4 is 21.3 Å². The van der Waals surface area contributed by atoms with Gasteiger partial charge in [-0.1, -0.05) is 0 Å². The Balaban J connectivity index is 1.72. The predicted octanol–water partition coefficient (Wildman–Crippen LogP) is 2.65. The van der Waals surface area contributed by atoms with Crippen molar-refractivity contribution in [1.82, 2.24) is 4.98 Å². The number of rotatable bonds is 6. The zero-order chi connectivity index (χ0) is 21.7. The Hall–Kier alpha value is -3.82. The van der Waals surface area contributed by atoms with Crippen LogP contribution in [-0.4, -0.2) is 56.6 Å². The SMILES string of the molecule is CCOC(=O)Nc1cc(N)c2c(n1)NCC(CN(C)c1ccc(C(=O)OC)cc1)=N2. The van der Waals surface area contributed by atoms with Gasteiger partial charge < -0.3 is 25.4 Å². The zero-order valence-corrected chi connectivity index (χ0v) is 17.1. The van der Waals surface area contributed by atoms with E-state index < -0.39 is 6.09 Å². The molecule has 4 N–H and O–H groups in total. The molecule has 0 spiro atoms. The molecule has 0 saturated heterocycles. The normalized spacial score (nSPS) is 12.2. The van der Waals surface area contributed by atoms with E-state index in [1.165, 1.54) is 7.11 Å². The molecule has 2 heterocycles. The molecule has 0 atom stereocenters. The lowest BCUT2D eigenvalue weighted by atomic mass is 10.2. The summed E-state index contributed by atoms with van der Waals surface area (Å²) in [4.78, 5) is 34.1. The summed E-state index contributed by atoms with van der Waals surface area (Å²) < 4.78 is 9.57. The Bertz CT molecular complexity index is 974. The van der Waals surface area contributed by atoms with Gasteiger partial charge in [0.25, 0.3) is 0 Å². The van der Waals surface area contributed by atoms with Gasteiger partial charge in [0.2, 0.25) is 0 Å². The molecule has 0 fully saturated rings. The minimum Gasteiger partial charge on any atom is -0.465 e. The number of aromatic nitrogens is 1. The Morgan fingerprint density at radius 3 is 2.70 bits per heavy atom. The van der Waals surface area contributed by atoms with Crippen molar-refractivity contribution in [1.29, 1.82) is 0 Å². The van der Waals surface area contributed by atoms with Crippen LogP contribution in [0.5, 0.6) is 0 Å². The summed E-state index contributed by atoms with van der Waals surface area (Å²) in [7, 11) is 3.28. The number of nitrogens with one attached hydrogen (secondary N) is 2. The molecule has 1 aliphatic rings. The van der Waals surface area contributed by atoms with Crippen LogP contribution in [0.25, 0.3) is 0 Å². The minimum atomic E-state index is -0.593. The fraction of sp³-hybridized carbons (Fsp3) is 0.300. The summed E-state index contributed by atoms with van der Waals surface area (Å²) in [6.07, 6.45) is -0.593. The number of methoxy groups -OCH3 is 1. The van der Waals surface area contributed by atoms with Crippen molar-refractivity contribution in [3.63, 3.8) is 0 Å². The Morgan fingerprint density at radius 2 is 2.03 bits per heavy atom. The third-order valence-electron chi connectivity index (χ3n) is 4.41. The van der Waals surface area contributed by atoms with Crippen LogP contribution in [0.2, 0.25) is 0 Å². The van der Waals surface area contributed by atoms with Crippen molar-refractivity contribution >= 4 is 46.5 Å². The fourth-order valence-corrected chi connectivity index (χ4v) is 2.94. The third-order valence-corrected chi connectivity index (χ3v) is 4.41. The van der Waals surface area contributed by atoms with Gasteiger partial charge in [-0.2, -0.15) is 0 Å². The van der Waals surface area contributed by atoms with Gasteiger partial charge in [-0.15, -0.1) is 0 Å². The second kappa shape index (κ2) is 9.12. The molecule has 0 radical (unpaired) electrons. The van der Waals surface area contributed by atoms with Crippen molar-refractivity contribution in [3.05, 3.63) is 35.9 Å².